The van der Waals surface area contributed by atoms with Crippen LogP contribution in [0.3, 0.4) is 0 Å². The average molecular weight is 342 g/mol. The predicted molar refractivity (Wildman–Crippen MR) is 84.9 cm³/mol. The summed E-state index contributed by atoms with van der Waals surface area (Å²) in [5.41, 5.74) is -1.49. The highest BCUT2D eigenvalue weighted by Gasteiger charge is 2.35. The molecule has 1 amide bonds. The van der Waals surface area contributed by atoms with Gasteiger partial charge in [0.2, 0.25) is 0 Å². The lowest BCUT2D eigenvalue weighted by Gasteiger charge is -2.40. The summed E-state index contributed by atoms with van der Waals surface area (Å²) in [4.78, 5) is 18.9. The van der Waals surface area contributed by atoms with Gasteiger partial charge in [-0.2, -0.15) is 13.2 Å². The second-order valence-electron chi connectivity index (χ2n) is 6.69. The van der Waals surface area contributed by atoms with E-state index in [9.17, 15) is 18.0 Å². The van der Waals surface area contributed by atoms with Crippen LogP contribution in [0, 0.1) is 11.3 Å². The van der Waals surface area contributed by atoms with Crippen LogP contribution in [-0.4, -0.2) is 33.3 Å². The van der Waals surface area contributed by atoms with Crippen LogP contribution < -0.4 is 5.32 Å². The molecule has 0 aliphatic heterocycles. The number of H-pyrrole nitrogens is 1. The van der Waals surface area contributed by atoms with Gasteiger partial charge >= 0.3 is 6.18 Å². The van der Waals surface area contributed by atoms with Gasteiger partial charge in [0.1, 0.15) is 17.2 Å². The zero-order valence-corrected chi connectivity index (χ0v) is 13.8. The molecule has 0 radical (unpaired) electrons. The molecule has 0 unspecified atom stereocenters. The summed E-state index contributed by atoms with van der Waals surface area (Å²) in [5, 5.41) is 9.92. The molecule has 1 fully saturated rings. The fraction of sp³-hybridized carbons (Fsp3) is 0.562. The van der Waals surface area contributed by atoms with Crippen molar-refractivity contribution in [2.75, 3.05) is 0 Å². The lowest BCUT2D eigenvalue weighted by Crippen LogP contribution is -2.51. The van der Waals surface area contributed by atoms with Gasteiger partial charge in [0.25, 0.3) is 5.91 Å². The molecule has 0 aromatic carbocycles. The Labute approximate surface area is 138 Å². The van der Waals surface area contributed by atoms with Crippen molar-refractivity contribution in [1.29, 1.82) is 5.41 Å². The van der Waals surface area contributed by atoms with Gasteiger partial charge in [0.15, 0.2) is 0 Å². The van der Waals surface area contributed by atoms with Gasteiger partial charge in [-0.1, -0.05) is 6.42 Å². The van der Waals surface area contributed by atoms with Gasteiger partial charge in [-0.3, -0.25) is 10.2 Å². The van der Waals surface area contributed by atoms with E-state index in [0.717, 1.165) is 19.3 Å². The molecule has 0 bridgehead atoms. The van der Waals surface area contributed by atoms with Crippen molar-refractivity contribution in [3.63, 3.8) is 0 Å². The molecule has 5 nitrogen and oxygen atoms in total. The molecule has 1 aromatic heterocycles. The molecule has 132 valence electrons. The smallest absolute Gasteiger partial charge is 0.346 e. The van der Waals surface area contributed by atoms with Crippen molar-refractivity contribution in [2.24, 2.45) is 5.92 Å². The van der Waals surface area contributed by atoms with Crippen molar-refractivity contribution < 1.29 is 18.0 Å². The zero-order chi connectivity index (χ0) is 18.1. The van der Waals surface area contributed by atoms with E-state index in [1.54, 1.807) is 0 Å². The number of aromatic amines is 1. The summed E-state index contributed by atoms with van der Waals surface area (Å²) in [7, 11) is 0. The second-order valence-corrected chi connectivity index (χ2v) is 6.69. The summed E-state index contributed by atoms with van der Waals surface area (Å²) in [5.74, 6) is 0.220. The van der Waals surface area contributed by atoms with E-state index in [1.807, 2.05) is 13.8 Å². The maximum Gasteiger partial charge on any atom is 0.432 e. The normalized spacial score (nSPS) is 16.7. The van der Waals surface area contributed by atoms with Gasteiger partial charge in [-0.15, -0.1) is 0 Å². The fourth-order valence-corrected chi connectivity index (χ4v) is 2.60. The molecule has 2 rings (SSSR count). The molecule has 8 heteroatoms. The Morgan fingerprint density at radius 1 is 1.42 bits per heavy atom. The molecule has 1 aliphatic rings. The van der Waals surface area contributed by atoms with E-state index in [0.29, 0.717) is 12.0 Å². The number of carbonyl (C=O) groups is 1. The SMILES string of the molecule is C/C(=C/C(=N)C(F)(F)F)c1ncc(C(=O)NC(C)(C)C2CCC2)[nH]1. The Morgan fingerprint density at radius 2 is 2.04 bits per heavy atom. The first-order chi connectivity index (χ1) is 11.0. The Balaban J connectivity index is 2.08. The van der Waals surface area contributed by atoms with Crippen LogP contribution in [0.15, 0.2) is 12.3 Å². The Bertz CT molecular complexity index is 669. The van der Waals surface area contributed by atoms with Crippen molar-refractivity contribution in [1.82, 2.24) is 15.3 Å². The van der Waals surface area contributed by atoms with E-state index in [2.05, 4.69) is 15.3 Å². The minimum absolute atomic E-state index is 0.134. The van der Waals surface area contributed by atoms with E-state index in [-0.39, 0.29) is 28.5 Å². The van der Waals surface area contributed by atoms with Gasteiger partial charge in [-0.05, 0) is 51.2 Å². The van der Waals surface area contributed by atoms with Crippen LogP contribution in [0.1, 0.15) is 56.3 Å². The highest BCUT2D eigenvalue weighted by Crippen LogP contribution is 2.35. The third kappa shape index (κ3) is 4.04. The van der Waals surface area contributed by atoms with Crippen LogP contribution in [0.4, 0.5) is 13.2 Å². The number of allylic oxidation sites excluding steroid dienone is 2. The van der Waals surface area contributed by atoms with Gasteiger partial charge in [-0.25, -0.2) is 4.98 Å². The number of rotatable bonds is 5. The molecule has 1 aliphatic carbocycles. The summed E-state index contributed by atoms with van der Waals surface area (Å²) < 4.78 is 37.2. The topological polar surface area (TPSA) is 81.6 Å². The number of nitrogens with one attached hydrogen (secondary N) is 3. The number of aromatic nitrogens is 2. The highest BCUT2D eigenvalue weighted by molar-refractivity contribution is 6.02. The lowest BCUT2D eigenvalue weighted by atomic mass is 9.72. The number of carbonyl (C=O) groups excluding carboxylic acids is 1. The first kappa shape index (κ1) is 18.2. The van der Waals surface area contributed by atoms with Gasteiger partial charge in [0, 0.05) is 5.54 Å². The Hall–Kier alpha value is -2.12. The van der Waals surface area contributed by atoms with Gasteiger partial charge in [0.05, 0.1) is 6.20 Å². The number of alkyl halides is 3. The monoisotopic (exact) mass is 342 g/mol. The van der Waals surface area contributed by atoms with Crippen molar-refractivity contribution >= 4 is 17.2 Å². The fourth-order valence-electron chi connectivity index (χ4n) is 2.60. The summed E-state index contributed by atoms with van der Waals surface area (Å²) >= 11 is 0. The summed E-state index contributed by atoms with van der Waals surface area (Å²) in [6.07, 6.45) is 0.564. The largest absolute Gasteiger partial charge is 0.432 e. The maximum absolute atomic E-state index is 12.4. The average Bonchev–Trinajstić information content (AvgIpc) is 2.83. The number of halogens is 3. The lowest BCUT2D eigenvalue weighted by molar-refractivity contribution is -0.0583. The highest BCUT2D eigenvalue weighted by atomic mass is 19.4. The number of hydrogen-bond acceptors (Lipinski definition) is 3. The van der Waals surface area contributed by atoms with E-state index >= 15 is 0 Å². The molecule has 24 heavy (non-hydrogen) atoms. The predicted octanol–water partition coefficient (Wildman–Crippen LogP) is 3.70. The molecular weight excluding hydrogens is 321 g/mol. The zero-order valence-electron chi connectivity index (χ0n) is 13.8. The van der Waals surface area contributed by atoms with E-state index < -0.39 is 11.9 Å². The molecule has 0 saturated heterocycles. The third-order valence-corrected chi connectivity index (χ3v) is 4.42. The van der Waals surface area contributed by atoms with Crippen molar-refractivity contribution in [3.05, 3.63) is 23.8 Å². The number of hydrogen-bond donors (Lipinski definition) is 3. The molecule has 3 N–H and O–H groups in total. The quantitative estimate of drug-likeness (QED) is 0.713. The van der Waals surface area contributed by atoms with Crippen LogP contribution in [0.25, 0.3) is 5.57 Å². The van der Waals surface area contributed by atoms with Crippen LogP contribution in [0.5, 0.6) is 0 Å². The Morgan fingerprint density at radius 3 is 2.54 bits per heavy atom. The standard InChI is InChI=1S/C16H21F3N4O/c1-9(7-12(20)16(17,18)19)13-21-8-11(22-13)14(24)23-15(2,3)10-5-4-6-10/h7-8,10,20H,4-6H2,1-3H3,(H,21,22)(H,23,24)/b9-7-,20-12?. The minimum Gasteiger partial charge on any atom is -0.346 e. The first-order valence-corrected chi connectivity index (χ1v) is 7.72. The number of imidazole rings is 1. The summed E-state index contributed by atoms with van der Waals surface area (Å²) in [6.45, 7) is 5.32. The van der Waals surface area contributed by atoms with Gasteiger partial charge < -0.3 is 10.3 Å². The molecule has 1 heterocycles. The minimum atomic E-state index is -4.71. The first-order valence-electron chi connectivity index (χ1n) is 7.72. The number of nitrogens with zero attached hydrogens (tertiary/aromatic N) is 1. The van der Waals surface area contributed by atoms with Crippen LogP contribution in [0.2, 0.25) is 0 Å². The van der Waals surface area contributed by atoms with E-state index in [1.165, 1.54) is 13.1 Å². The number of amides is 1. The third-order valence-electron chi connectivity index (χ3n) is 4.42. The van der Waals surface area contributed by atoms with E-state index in [4.69, 9.17) is 5.41 Å². The maximum atomic E-state index is 12.4. The second kappa shape index (κ2) is 6.41. The molecule has 0 spiro atoms. The summed E-state index contributed by atoms with van der Waals surface area (Å²) in [6, 6.07) is 0. The molecule has 0 atom stereocenters. The molecule has 1 aromatic rings. The van der Waals surface area contributed by atoms with Crippen LogP contribution in [-0.2, 0) is 0 Å². The van der Waals surface area contributed by atoms with Crippen molar-refractivity contribution in [2.45, 2.75) is 51.7 Å². The Kier molecular flexibility index (Phi) is 4.87. The van der Waals surface area contributed by atoms with Crippen molar-refractivity contribution in [3.8, 4) is 0 Å². The molecule has 1 saturated carbocycles. The van der Waals surface area contributed by atoms with Crippen LogP contribution >= 0.6 is 0 Å². The molecular formula is C16H21F3N4O.